The minimum absolute atomic E-state index is 0.0147. The van der Waals surface area contributed by atoms with E-state index in [0.717, 1.165) is 38.5 Å². The summed E-state index contributed by atoms with van der Waals surface area (Å²) < 4.78 is 32.0. The van der Waals surface area contributed by atoms with Gasteiger partial charge in [-0.3, -0.25) is 28.8 Å². The molecule has 5 amide bonds. The van der Waals surface area contributed by atoms with Crippen LogP contribution in [0.5, 0.6) is 0 Å². The van der Waals surface area contributed by atoms with E-state index < -0.39 is 12.0 Å². The van der Waals surface area contributed by atoms with Gasteiger partial charge in [0.1, 0.15) is 25.9 Å². The fourth-order valence-corrected chi connectivity index (χ4v) is 6.60. The van der Waals surface area contributed by atoms with E-state index in [9.17, 15) is 38.7 Å². The van der Waals surface area contributed by atoms with E-state index >= 15 is 0 Å². The Balaban J connectivity index is 3.59. The van der Waals surface area contributed by atoms with Gasteiger partial charge in [0.15, 0.2) is 5.12 Å². The van der Waals surface area contributed by atoms with Gasteiger partial charge in [0.05, 0.1) is 59.5 Å². The maximum atomic E-state index is 12.3. The van der Waals surface area contributed by atoms with Crippen LogP contribution in [0, 0.1) is 0 Å². The lowest BCUT2D eigenvalue weighted by Crippen LogP contribution is -2.41. The van der Waals surface area contributed by atoms with Crippen LogP contribution < -0.4 is 26.6 Å². The molecule has 0 spiro atoms. The van der Waals surface area contributed by atoms with Crippen molar-refractivity contribution in [1.82, 2.24) is 26.6 Å². The first kappa shape index (κ1) is 63.6. The molecule has 0 aromatic rings. The summed E-state index contributed by atoms with van der Waals surface area (Å²) in [4.78, 5) is 82.5. The molecular weight excluding hydrogens is 891 g/mol. The third-order valence-corrected chi connectivity index (χ3v) is 10.4. The highest BCUT2D eigenvalue weighted by atomic mass is 32.1. The van der Waals surface area contributed by atoms with Gasteiger partial charge in [-0.05, 0) is 25.7 Å². The summed E-state index contributed by atoms with van der Waals surface area (Å²) in [6.07, 6.45) is 21.4. The Kier molecular flexibility index (Phi) is 46.5. The SMILES string of the molecule is CCCCCCCCCCCCCCCCCC(=O)N[C@@H](CCC(=O)NCCOCCOCC(=O)NCCOCCOCC(=O)NCCOCCOCC(=O)NCCCCCC(=O)S)C(=O)O. The Morgan fingerprint density at radius 3 is 1.18 bits per heavy atom. The van der Waals surface area contributed by atoms with E-state index in [4.69, 9.17) is 28.4 Å². The monoisotopic (exact) mass is 978 g/mol. The Hall–Kier alpha value is -3.40. The van der Waals surface area contributed by atoms with Gasteiger partial charge >= 0.3 is 5.97 Å². The van der Waals surface area contributed by atoms with Gasteiger partial charge in [0.25, 0.3) is 0 Å². The maximum absolute atomic E-state index is 12.3. The summed E-state index contributed by atoms with van der Waals surface area (Å²) in [6, 6.07) is -1.13. The summed E-state index contributed by atoms with van der Waals surface area (Å²) in [5, 5.41) is 22.7. The van der Waals surface area contributed by atoms with E-state index in [0.29, 0.717) is 19.4 Å². The molecular formula is C47H87N5O14S. The second-order valence-corrected chi connectivity index (χ2v) is 16.8. The molecule has 0 radical (unpaired) electrons. The van der Waals surface area contributed by atoms with Crippen LogP contribution in [0.15, 0.2) is 0 Å². The summed E-state index contributed by atoms with van der Waals surface area (Å²) >= 11 is 3.72. The second-order valence-electron chi connectivity index (χ2n) is 16.3. The molecule has 0 unspecified atom stereocenters. The van der Waals surface area contributed by atoms with E-state index in [2.05, 4.69) is 46.1 Å². The zero-order valence-electron chi connectivity index (χ0n) is 40.6. The number of amides is 5. The Labute approximate surface area is 405 Å². The Bertz CT molecular complexity index is 1280. The molecule has 19 nitrogen and oxygen atoms in total. The van der Waals surface area contributed by atoms with Gasteiger partial charge in [-0.2, -0.15) is 0 Å². The Morgan fingerprint density at radius 1 is 0.403 bits per heavy atom. The topological polar surface area (TPSA) is 255 Å². The first-order chi connectivity index (χ1) is 32.5. The molecule has 0 bridgehead atoms. The van der Waals surface area contributed by atoms with Crippen molar-refractivity contribution in [3.8, 4) is 0 Å². The fourth-order valence-electron chi connectivity index (χ4n) is 6.45. The lowest BCUT2D eigenvalue weighted by molar-refractivity contribution is -0.142. The first-order valence-electron chi connectivity index (χ1n) is 24.8. The number of carbonyl (C=O) groups excluding carboxylic acids is 6. The molecule has 20 heteroatoms. The smallest absolute Gasteiger partial charge is 0.326 e. The summed E-state index contributed by atoms with van der Waals surface area (Å²) in [7, 11) is 0. The van der Waals surface area contributed by atoms with Crippen LogP contribution in [0.4, 0.5) is 0 Å². The molecule has 6 N–H and O–H groups in total. The van der Waals surface area contributed by atoms with Gasteiger partial charge in [-0.25, -0.2) is 4.79 Å². The van der Waals surface area contributed by atoms with Crippen LogP contribution in [0.25, 0.3) is 0 Å². The molecule has 1 atom stereocenters. The zero-order chi connectivity index (χ0) is 49.3. The van der Waals surface area contributed by atoms with Gasteiger partial charge in [0, 0.05) is 45.4 Å². The molecule has 0 aliphatic carbocycles. The van der Waals surface area contributed by atoms with Gasteiger partial charge in [-0.15, -0.1) is 12.6 Å². The largest absolute Gasteiger partial charge is 0.480 e. The molecule has 0 aliphatic rings. The number of nitrogens with one attached hydrogen (secondary N) is 5. The van der Waals surface area contributed by atoms with E-state index in [1.807, 2.05) is 0 Å². The molecule has 0 aromatic heterocycles. The second kappa shape index (κ2) is 49.0. The van der Waals surface area contributed by atoms with Crippen LogP contribution >= 0.6 is 12.6 Å². The molecule has 390 valence electrons. The minimum Gasteiger partial charge on any atom is -0.480 e. The van der Waals surface area contributed by atoms with Crippen LogP contribution in [0.3, 0.4) is 0 Å². The zero-order valence-corrected chi connectivity index (χ0v) is 41.5. The molecule has 0 aliphatic heterocycles. The maximum Gasteiger partial charge on any atom is 0.326 e. The number of ether oxygens (including phenoxy) is 6. The van der Waals surface area contributed by atoms with Crippen molar-refractivity contribution >= 4 is 53.2 Å². The summed E-state index contributed by atoms with van der Waals surface area (Å²) in [5.74, 6) is -2.68. The molecule has 0 rings (SSSR count). The van der Waals surface area contributed by atoms with Gasteiger partial charge in [-0.1, -0.05) is 103 Å². The van der Waals surface area contributed by atoms with Crippen molar-refractivity contribution < 1.29 is 67.1 Å². The number of aliphatic carboxylic acids is 1. The third kappa shape index (κ3) is 48.9. The predicted octanol–water partition coefficient (Wildman–Crippen LogP) is 4.18. The number of thiol groups is 1. The average Bonchev–Trinajstić information content (AvgIpc) is 3.29. The first-order valence-corrected chi connectivity index (χ1v) is 25.3. The van der Waals surface area contributed by atoms with E-state index in [-0.39, 0.29) is 153 Å². The lowest BCUT2D eigenvalue weighted by atomic mass is 10.0. The van der Waals surface area contributed by atoms with Crippen molar-refractivity contribution in [1.29, 1.82) is 0 Å². The van der Waals surface area contributed by atoms with E-state index in [1.54, 1.807) is 0 Å². The average molecular weight is 978 g/mol. The highest BCUT2D eigenvalue weighted by Crippen LogP contribution is 2.14. The summed E-state index contributed by atoms with van der Waals surface area (Å²) in [5.41, 5.74) is 0. The van der Waals surface area contributed by atoms with Crippen LogP contribution in [-0.2, 0) is 62.0 Å². The van der Waals surface area contributed by atoms with Crippen molar-refractivity contribution in [2.75, 3.05) is 105 Å². The molecule has 0 heterocycles. The number of hydrogen-bond donors (Lipinski definition) is 7. The number of carbonyl (C=O) groups is 7. The molecule has 67 heavy (non-hydrogen) atoms. The molecule has 0 saturated carbocycles. The lowest BCUT2D eigenvalue weighted by Gasteiger charge is -2.14. The van der Waals surface area contributed by atoms with E-state index in [1.165, 1.54) is 70.6 Å². The molecule has 0 aromatic carbocycles. The molecule has 0 saturated heterocycles. The standard InChI is InChI=1S/C47H87N5O14S/c1-2-3-4-5-6-7-8-9-10-11-12-13-14-15-17-20-42(54)52-40(47(59)60)22-23-41(53)49-25-28-61-31-35-65-38-44(56)51-27-30-63-33-36-66-39-45(57)50-26-29-62-32-34-64-37-43(55)48-24-19-16-18-21-46(58)67/h40H,2-39H2,1H3,(H,48,55)(H,49,53)(H,50,57)(H,51,56)(H,52,54)(H,58,67)(H,59,60)/t40-/m0/s1. The van der Waals surface area contributed by atoms with Gasteiger partial charge in [0.2, 0.25) is 29.5 Å². The van der Waals surface area contributed by atoms with Crippen molar-refractivity contribution in [2.24, 2.45) is 0 Å². The number of rotatable bonds is 51. The quantitative estimate of drug-likeness (QED) is 0.0334. The fraction of sp³-hybridized carbons (Fsp3) is 0.851. The number of carboxylic acid groups (broad SMARTS) is 1. The normalized spacial score (nSPS) is 11.5. The van der Waals surface area contributed by atoms with Crippen LogP contribution in [0.1, 0.15) is 148 Å². The number of unbranched alkanes of at least 4 members (excludes halogenated alkanes) is 16. The molecule has 0 fully saturated rings. The van der Waals surface area contributed by atoms with Crippen molar-refractivity contribution in [2.45, 2.75) is 154 Å². The number of carboxylic acids is 1. The number of hydrogen-bond acceptors (Lipinski definition) is 13. The third-order valence-electron chi connectivity index (χ3n) is 10.2. The van der Waals surface area contributed by atoms with Crippen LogP contribution in [-0.4, -0.2) is 157 Å². The highest BCUT2D eigenvalue weighted by Gasteiger charge is 2.21. The summed E-state index contributed by atoms with van der Waals surface area (Å²) in [6.45, 7) is 5.18. The van der Waals surface area contributed by atoms with Crippen molar-refractivity contribution in [3.63, 3.8) is 0 Å². The Morgan fingerprint density at radius 2 is 0.761 bits per heavy atom. The minimum atomic E-state index is -1.17. The predicted molar refractivity (Wildman–Crippen MR) is 258 cm³/mol. The van der Waals surface area contributed by atoms with Gasteiger partial charge < -0.3 is 60.1 Å². The highest BCUT2D eigenvalue weighted by molar-refractivity contribution is 7.96. The van der Waals surface area contributed by atoms with Crippen LogP contribution in [0.2, 0.25) is 0 Å². The van der Waals surface area contributed by atoms with Crippen molar-refractivity contribution in [3.05, 3.63) is 0 Å².